The van der Waals surface area contributed by atoms with E-state index in [9.17, 15) is 4.79 Å². The summed E-state index contributed by atoms with van der Waals surface area (Å²) >= 11 is 0. The molecule has 1 fully saturated rings. The molecule has 4 rings (SSSR count). The van der Waals surface area contributed by atoms with Crippen molar-refractivity contribution in [3.05, 3.63) is 60.3 Å². The number of carbonyl (C=O) groups excluding carboxylic acids is 1. The molecule has 132 valence electrons. The second-order valence-electron chi connectivity index (χ2n) is 7.44. The molecule has 0 bridgehead atoms. The third kappa shape index (κ3) is 3.19. The predicted molar refractivity (Wildman–Crippen MR) is 104 cm³/mol. The van der Waals surface area contributed by atoms with Crippen LogP contribution in [0.25, 0.3) is 22.3 Å². The summed E-state index contributed by atoms with van der Waals surface area (Å²) in [6.45, 7) is 6.08. The number of fused-ring (bicyclic) bond motifs is 1. The van der Waals surface area contributed by atoms with Gasteiger partial charge in [-0.15, -0.1) is 0 Å². The molecule has 2 atom stereocenters. The second kappa shape index (κ2) is 6.87. The van der Waals surface area contributed by atoms with Gasteiger partial charge >= 0.3 is 0 Å². The molecule has 0 aliphatic carbocycles. The molecule has 2 aromatic heterocycles. The van der Waals surface area contributed by atoms with Gasteiger partial charge in [0.2, 0.25) is 0 Å². The predicted octanol–water partition coefficient (Wildman–Crippen LogP) is 4.41. The zero-order valence-corrected chi connectivity index (χ0v) is 15.2. The number of pyridine rings is 2. The molecular formula is C22H23N3O. The summed E-state index contributed by atoms with van der Waals surface area (Å²) in [5, 5.41) is 0.906. The Balaban J connectivity index is 1.81. The number of hydrogen-bond donors (Lipinski definition) is 0. The van der Waals surface area contributed by atoms with E-state index in [-0.39, 0.29) is 5.91 Å². The van der Waals surface area contributed by atoms with Gasteiger partial charge in [-0.05, 0) is 42.5 Å². The highest BCUT2D eigenvalue weighted by Gasteiger charge is 2.27. The van der Waals surface area contributed by atoms with Gasteiger partial charge in [0, 0.05) is 24.7 Å². The number of aromatic nitrogens is 2. The molecule has 1 aromatic carbocycles. The van der Waals surface area contributed by atoms with E-state index in [0.717, 1.165) is 40.9 Å². The Kier molecular flexibility index (Phi) is 4.41. The van der Waals surface area contributed by atoms with Gasteiger partial charge in [-0.2, -0.15) is 0 Å². The highest BCUT2D eigenvalue weighted by molar-refractivity contribution is 6.07. The zero-order valence-electron chi connectivity index (χ0n) is 15.2. The van der Waals surface area contributed by atoms with Crippen molar-refractivity contribution in [2.75, 3.05) is 13.1 Å². The number of nitrogens with zero attached hydrogens (tertiary/aromatic N) is 3. The van der Waals surface area contributed by atoms with Gasteiger partial charge in [0.1, 0.15) is 0 Å². The second-order valence-corrected chi connectivity index (χ2v) is 7.44. The maximum atomic E-state index is 13.4. The number of benzene rings is 1. The van der Waals surface area contributed by atoms with Crippen molar-refractivity contribution in [1.82, 2.24) is 14.9 Å². The van der Waals surface area contributed by atoms with Crippen LogP contribution in [0.15, 0.2) is 54.7 Å². The van der Waals surface area contributed by atoms with Gasteiger partial charge in [-0.3, -0.25) is 9.78 Å². The Morgan fingerprint density at radius 2 is 1.73 bits per heavy atom. The van der Waals surface area contributed by atoms with Gasteiger partial charge in [-0.25, -0.2) is 4.98 Å². The lowest BCUT2D eigenvalue weighted by atomic mass is 9.91. The third-order valence-electron chi connectivity index (χ3n) is 5.03. The summed E-state index contributed by atoms with van der Waals surface area (Å²) < 4.78 is 0. The molecule has 0 unspecified atom stereocenters. The molecule has 4 heteroatoms. The van der Waals surface area contributed by atoms with Crippen molar-refractivity contribution in [1.29, 1.82) is 0 Å². The molecule has 1 aliphatic rings. The van der Waals surface area contributed by atoms with Crippen LogP contribution in [0.3, 0.4) is 0 Å². The third-order valence-corrected chi connectivity index (χ3v) is 5.03. The number of para-hydroxylation sites is 1. The number of rotatable bonds is 2. The standard InChI is InChI=1S/C22H23N3O/c1-15-11-16(2)14-25(13-15)22(26)18-12-21(20-9-5-6-10-23-20)24-19-8-4-3-7-17(18)19/h3-10,12,15-16H,11,13-14H2,1-2H3/t15-,16-/m1/s1. The average molecular weight is 345 g/mol. The van der Waals surface area contributed by atoms with Gasteiger partial charge in [-0.1, -0.05) is 38.1 Å². The molecule has 3 aromatic rings. The normalized spacial score (nSPS) is 20.3. The molecular weight excluding hydrogens is 322 g/mol. The van der Waals surface area contributed by atoms with Crippen LogP contribution in [0.4, 0.5) is 0 Å². The number of amides is 1. The lowest BCUT2D eigenvalue weighted by Crippen LogP contribution is -2.42. The van der Waals surface area contributed by atoms with Crippen LogP contribution in [0.1, 0.15) is 30.6 Å². The van der Waals surface area contributed by atoms with E-state index in [4.69, 9.17) is 4.98 Å². The molecule has 3 heterocycles. The molecule has 1 aliphatic heterocycles. The SMILES string of the molecule is C[C@@H]1C[C@@H](C)CN(C(=O)c2cc(-c3ccccn3)nc3ccccc23)C1. The Hall–Kier alpha value is -2.75. The fourth-order valence-corrected chi connectivity index (χ4v) is 4.00. The van der Waals surface area contributed by atoms with Gasteiger partial charge in [0.05, 0.1) is 22.5 Å². The summed E-state index contributed by atoms with van der Waals surface area (Å²) in [6.07, 6.45) is 2.93. The van der Waals surface area contributed by atoms with Crippen LogP contribution in [0, 0.1) is 11.8 Å². The van der Waals surface area contributed by atoms with Crippen molar-refractivity contribution in [2.24, 2.45) is 11.8 Å². The Labute approximate surface area is 153 Å². The van der Waals surface area contributed by atoms with Crippen LogP contribution in [-0.2, 0) is 0 Å². The zero-order chi connectivity index (χ0) is 18.1. The molecule has 1 amide bonds. The quantitative estimate of drug-likeness (QED) is 0.691. The summed E-state index contributed by atoms with van der Waals surface area (Å²) in [6, 6.07) is 15.5. The molecule has 26 heavy (non-hydrogen) atoms. The maximum absolute atomic E-state index is 13.4. The maximum Gasteiger partial charge on any atom is 0.254 e. The van der Waals surface area contributed by atoms with Crippen LogP contribution in [0.5, 0.6) is 0 Å². The summed E-state index contributed by atoms with van der Waals surface area (Å²) in [4.78, 5) is 24.5. The molecule has 0 N–H and O–H groups in total. The fourth-order valence-electron chi connectivity index (χ4n) is 4.00. The number of piperidine rings is 1. The minimum Gasteiger partial charge on any atom is -0.338 e. The number of carbonyl (C=O) groups is 1. The van der Waals surface area contributed by atoms with Crippen molar-refractivity contribution in [3.63, 3.8) is 0 Å². The van der Waals surface area contributed by atoms with E-state index in [1.54, 1.807) is 6.20 Å². The van der Waals surface area contributed by atoms with Crippen molar-refractivity contribution in [3.8, 4) is 11.4 Å². The van der Waals surface area contributed by atoms with Crippen molar-refractivity contribution < 1.29 is 4.79 Å². The molecule has 0 radical (unpaired) electrons. The fraction of sp³-hybridized carbons (Fsp3) is 0.318. The van der Waals surface area contributed by atoms with Crippen LogP contribution in [0.2, 0.25) is 0 Å². The van der Waals surface area contributed by atoms with Crippen molar-refractivity contribution >= 4 is 16.8 Å². The Morgan fingerprint density at radius 1 is 1.00 bits per heavy atom. The first-order valence-corrected chi connectivity index (χ1v) is 9.22. The molecule has 0 saturated carbocycles. The summed E-state index contributed by atoms with van der Waals surface area (Å²) in [7, 11) is 0. The monoisotopic (exact) mass is 345 g/mol. The first-order chi connectivity index (χ1) is 12.6. The van der Waals surface area contributed by atoms with Crippen LogP contribution < -0.4 is 0 Å². The lowest BCUT2D eigenvalue weighted by Gasteiger charge is -2.35. The van der Waals surface area contributed by atoms with Crippen molar-refractivity contribution in [2.45, 2.75) is 20.3 Å². The van der Waals surface area contributed by atoms with Gasteiger partial charge in [0.15, 0.2) is 0 Å². The van der Waals surface area contributed by atoms with E-state index in [1.165, 1.54) is 6.42 Å². The minimum absolute atomic E-state index is 0.0965. The van der Waals surface area contributed by atoms with Crippen LogP contribution >= 0.6 is 0 Å². The van der Waals surface area contributed by atoms with Gasteiger partial charge < -0.3 is 4.90 Å². The first kappa shape index (κ1) is 16.7. The smallest absolute Gasteiger partial charge is 0.254 e. The molecule has 4 nitrogen and oxygen atoms in total. The largest absolute Gasteiger partial charge is 0.338 e. The van der Waals surface area contributed by atoms with Crippen LogP contribution in [-0.4, -0.2) is 33.9 Å². The number of likely N-dealkylation sites (tertiary alicyclic amines) is 1. The topological polar surface area (TPSA) is 46.1 Å². The first-order valence-electron chi connectivity index (χ1n) is 9.22. The van der Waals surface area contributed by atoms with E-state index in [0.29, 0.717) is 11.8 Å². The average Bonchev–Trinajstić information content (AvgIpc) is 2.66. The van der Waals surface area contributed by atoms with Gasteiger partial charge in [0.25, 0.3) is 5.91 Å². The minimum atomic E-state index is 0.0965. The molecule has 1 saturated heterocycles. The van der Waals surface area contributed by atoms with E-state index in [1.807, 2.05) is 53.4 Å². The summed E-state index contributed by atoms with van der Waals surface area (Å²) in [5.74, 6) is 1.16. The highest BCUT2D eigenvalue weighted by atomic mass is 16.2. The summed E-state index contributed by atoms with van der Waals surface area (Å²) in [5.41, 5.74) is 3.08. The number of hydrogen-bond acceptors (Lipinski definition) is 3. The van der Waals surface area contributed by atoms with E-state index >= 15 is 0 Å². The molecule has 0 spiro atoms. The lowest BCUT2D eigenvalue weighted by molar-refractivity contribution is 0.0625. The van der Waals surface area contributed by atoms with E-state index in [2.05, 4.69) is 18.8 Å². The Bertz CT molecular complexity index is 929. The highest BCUT2D eigenvalue weighted by Crippen LogP contribution is 2.27. The Morgan fingerprint density at radius 3 is 2.46 bits per heavy atom. The van der Waals surface area contributed by atoms with E-state index < -0.39 is 0 Å².